The van der Waals surface area contributed by atoms with Gasteiger partial charge in [-0.05, 0) is 30.7 Å². The van der Waals surface area contributed by atoms with Crippen molar-refractivity contribution in [3.63, 3.8) is 0 Å². The zero-order valence-electron chi connectivity index (χ0n) is 22.3. The van der Waals surface area contributed by atoms with Crippen molar-refractivity contribution in [1.82, 2.24) is 4.57 Å². The number of nitriles is 1. The number of pyridine rings is 1. The molecule has 1 aromatic carbocycles. The summed E-state index contributed by atoms with van der Waals surface area (Å²) in [5, 5.41) is 10.6. The number of carbonyl (C=O) groups is 4. The molecule has 0 radical (unpaired) electrons. The third kappa shape index (κ3) is 7.04. The molecule has 0 aliphatic carbocycles. The molecule has 0 bridgehead atoms. The number of rotatable bonds is 7. The van der Waals surface area contributed by atoms with Gasteiger partial charge in [0.15, 0.2) is 24.5 Å². The molecule has 1 fully saturated rings. The number of halogens is 1. The molecule has 5 atom stereocenters. The van der Waals surface area contributed by atoms with Gasteiger partial charge in [0, 0.05) is 44.0 Å². The van der Waals surface area contributed by atoms with Crippen LogP contribution in [0.5, 0.6) is 0 Å². The average molecular weight is 591 g/mol. The first-order chi connectivity index (χ1) is 18.8. The molecule has 13 heteroatoms. The van der Waals surface area contributed by atoms with Crippen molar-refractivity contribution >= 4 is 47.7 Å². The highest BCUT2D eigenvalue weighted by Gasteiger charge is 2.53. The molecule has 1 saturated heterocycles. The first-order valence-corrected chi connectivity index (χ1v) is 12.8. The Balaban J connectivity index is 2.25. The van der Waals surface area contributed by atoms with Crippen LogP contribution < -0.4 is 0 Å². The third-order valence-electron chi connectivity index (χ3n) is 5.92. The van der Waals surface area contributed by atoms with Crippen LogP contribution in [-0.2, 0) is 42.9 Å². The Bertz CT molecular complexity index is 1420. The quantitative estimate of drug-likeness (QED) is 0.262. The Labute approximate surface area is 240 Å². The van der Waals surface area contributed by atoms with E-state index in [-0.39, 0.29) is 10.2 Å². The summed E-state index contributed by atoms with van der Waals surface area (Å²) < 4.78 is 29.3. The summed E-state index contributed by atoms with van der Waals surface area (Å²) in [6.07, 6.45) is -6.53. The number of hydrogen-bond donors (Lipinski definition) is 0. The lowest BCUT2D eigenvalue weighted by molar-refractivity contribution is -0.269. The maximum Gasteiger partial charge on any atom is 0.303 e. The second-order valence-electron chi connectivity index (χ2n) is 8.96. The van der Waals surface area contributed by atoms with Gasteiger partial charge in [-0.3, -0.25) is 19.2 Å². The van der Waals surface area contributed by atoms with Crippen molar-refractivity contribution in [3.8, 4) is 17.2 Å². The molecule has 1 aromatic heterocycles. The Hall–Kier alpha value is -3.79. The van der Waals surface area contributed by atoms with Crippen LogP contribution in [0.4, 0.5) is 0 Å². The molecule has 1 aliphatic rings. The third-order valence-corrected chi connectivity index (χ3v) is 6.58. The van der Waals surface area contributed by atoms with E-state index < -0.39 is 61.1 Å². The average Bonchev–Trinajstić information content (AvgIpc) is 2.85. The van der Waals surface area contributed by atoms with Gasteiger partial charge in [0.25, 0.3) is 0 Å². The zero-order valence-corrected chi connectivity index (χ0v) is 23.9. The largest absolute Gasteiger partial charge is 0.463 e. The lowest BCUT2D eigenvalue weighted by atomic mass is 9.96. The van der Waals surface area contributed by atoms with Crippen LogP contribution in [0.15, 0.2) is 30.3 Å². The highest BCUT2D eigenvalue weighted by Crippen LogP contribution is 2.37. The van der Waals surface area contributed by atoms with Gasteiger partial charge in [-0.2, -0.15) is 5.26 Å². The normalized spacial score (nSPS) is 22.0. The Kier molecular flexibility index (Phi) is 10.0. The van der Waals surface area contributed by atoms with Crippen LogP contribution in [-0.4, -0.2) is 59.5 Å². The minimum atomic E-state index is -1.38. The second-order valence-corrected chi connectivity index (χ2v) is 9.78. The van der Waals surface area contributed by atoms with E-state index in [1.165, 1.54) is 11.5 Å². The lowest BCUT2D eigenvalue weighted by Gasteiger charge is -2.45. The van der Waals surface area contributed by atoms with Crippen LogP contribution in [0.2, 0.25) is 5.02 Å². The number of nitrogens with zero attached hydrogens (tertiary/aromatic N) is 2. The fourth-order valence-corrected chi connectivity index (χ4v) is 4.97. The Morgan fingerprint density at radius 3 is 2.02 bits per heavy atom. The molecule has 0 spiro atoms. The fraction of sp³-hybridized carbons (Fsp3) is 0.407. The summed E-state index contributed by atoms with van der Waals surface area (Å²) in [6, 6.07) is 10.7. The molecule has 40 heavy (non-hydrogen) atoms. The van der Waals surface area contributed by atoms with E-state index in [9.17, 15) is 24.4 Å². The lowest BCUT2D eigenvalue weighted by Crippen LogP contribution is -2.60. The van der Waals surface area contributed by atoms with E-state index in [2.05, 4.69) is 6.07 Å². The van der Waals surface area contributed by atoms with Gasteiger partial charge < -0.3 is 28.3 Å². The summed E-state index contributed by atoms with van der Waals surface area (Å²) in [7, 11) is 0. The van der Waals surface area contributed by atoms with E-state index in [1.807, 2.05) is 0 Å². The molecular weight excluding hydrogens is 564 g/mol. The van der Waals surface area contributed by atoms with E-state index >= 15 is 0 Å². The summed E-state index contributed by atoms with van der Waals surface area (Å²) in [5.41, 5.74) is 1.83. The molecular formula is C27H27ClN2O9S. The van der Waals surface area contributed by atoms with Crippen molar-refractivity contribution in [2.24, 2.45) is 0 Å². The molecule has 0 unspecified atom stereocenters. The number of hydrogen-bond acceptors (Lipinski definition) is 11. The molecule has 1 aliphatic heterocycles. The summed E-state index contributed by atoms with van der Waals surface area (Å²) in [5.74, 6) is -2.90. The highest BCUT2D eigenvalue weighted by molar-refractivity contribution is 7.71. The number of aryl methyl sites for hydroxylation is 1. The predicted octanol–water partition coefficient (Wildman–Crippen LogP) is 3.97. The van der Waals surface area contributed by atoms with Gasteiger partial charge in [0.05, 0.1) is 5.56 Å². The van der Waals surface area contributed by atoms with E-state index in [4.69, 9.17) is 47.5 Å². The number of esters is 4. The fourth-order valence-electron chi connectivity index (χ4n) is 4.44. The van der Waals surface area contributed by atoms with Crippen LogP contribution in [0.1, 0.15) is 45.2 Å². The van der Waals surface area contributed by atoms with Gasteiger partial charge in [-0.1, -0.05) is 36.0 Å². The highest BCUT2D eigenvalue weighted by atomic mass is 35.5. The maximum atomic E-state index is 12.2. The number of ether oxygens (including phenoxy) is 5. The van der Waals surface area contributed by atoms with Gasteiger partial charge in [-0.15, -0.1) is 0 Å². The number of aromatic nitrogens is 1. The monoisotopic (exact) mass is 590 g/mol. The standard InChI is InChI=1S/C27H27ClN2O9S/c1-13-10-20(18-6-8-19(28)9-7-18)21(11-29)27(40)30(13)26-25(38-17(5)34)24(37-16(4)33)23(36-15(3)32)22(39-26)12-35-14(2)31/h6-10,22-26H,12H2,1-5H3/t22-,23-,24-,25-,26-/m0/s1. The van der Waals surface area contributed by atoms with Crippen LogP contribution >= 0.6 is 23.8 Å². The summed E-state index contributed by atoms with van der Waals surface area (Å²) in [4.78, 5) is 48.0. The van der Waals surface area contributed by atoms with Gasteiger partial charge in [0.1, 0.15) is 23.4 Å². The molecule has 2 aromatic rings. The van der Waals surface area contributed by atoms with Gasteiger partial charge >= 0.3 is 23.9 Å². The second kappa shape index (κ2) is 13.0. The van der Waals surface area contributed by atoms with E-state index in [1.54, 1.807) is 37.3 Å². The van der Waals surface area contributed by atoms with E-state index in [0.717, 1.165) is 20.8 Å². The SMILES string of the molecule is CC(=O)OC[C@@H]1O[C@H](n2c(C)cc(-c3ccc(Cl)cc3)c(C#N)c2=S)[C@@H](OC(C)=O)[C@@H](OC(C)=O)[C@H]1OC(C)=O. The predicted molar refractivity (Wildman–Crippen MR) is 142 cm³/mol. The van der Waals surface area contributed by atoms with Crippen molar-refractivity contribution < 1.29 is 42.9 Å². The minimum absolute atomic E-state index is 0.0355. The maximum absolute atomic E-state index is 12.2. The Morgan fingerprint density at radius 1 is 0.950 bits per heavy atom. The molecule has 0 N–H and O–H groups in total. The molecule has 3 rings (SSSR count). The van der Waals surface area contributed by atoms with Gasteiger partial charge in [-0.25, -0.2) is 0 Å². The molecule has 2 heterocycles. The molecule has 0 amide bonds. The van der Waals surface area contributed by atoms with Crippen molar-refractivity contribution in [2.75, 3.05) is 6.61 Å². The number of carbonyl (C=O) groups excluding carboxylic acids is 4. The minimum Gasteiger partial charge on any atom is -0.463 e. The number of benzene rings is 1. The van der Waals surface area contributed by atoms with Crippen molar-refractivity contribution in [3.05, 3.63) is 51.3 Å². The molecule has 212 valence electrons. The van der Waals surface area contributed by atoms with Crippen molar-refractivity contribution in [1.29, 1.82) is 5.26 Å². The molecule has 0 saturated carbocycles. The summed E-state index contributed by atoms with van der Waals surface area (Å²) >= 11 is 11.8. The topological polar surface area (TPSA) is 143 Å². The van der Waals surface area contributed by atoms with Gasteiger partial charge in [0.2, 0.25) is 0 Å². The van der Waals surface area contributed by atoms with Crippen LogP contribution in [0.25, 0.3) is 11.1 Å². The first kappa shape index (κ1) is 30.7. The zero-order chi connectivity index (χ0) is 29.7. The first-order valence-electron chi connectivity index (χ1n) is 12.1. The molecule has 11 nitrogen and oxygen atoms in total. The summed E-state index contributed by atoms with van der Waals surface area (Å²) in [6.45, 7) is 5.90. The van der Waals surface area contributed by atoms with E-state index in [0.29, 0.717) is 21.8 Å². The van der Waals surface area contributed by atoms with Crippen LogP contribution in [0, 0.1) is 22.9 Å². The van der Waals surface area contributed by atoms with Crippen LogP contribution in [0.3, 0.4) is 0 Å². The smallest absolute Gasteiger partial charge is 0.303 e. The Morgan fingerprint density at radius 2 is 1.50 bits per heavy atom. The van der Waals surface area contributed by atoms with Crippen molar-refractivity contribution in [2.45, 2.75) is 65.3 Å².